The third kappa shape index (κ3) is 2.82. The van der Waals surface area contributed by atoms with Gasteiger partial charge in [0.2, 0.25) is 0 Å². The highest BCUT2D eigenvalue weighted by molar-refractivity contribution is 5.88. The van der Waals surface area contributed by atoms with Crippen molar-refractivity contribution in [2.45, 2.75) is 12.8 Å². The van der Waals surface area contributed by atoms with Gasteiger partial charge in [0, 0.05) is 23.5 Å². The molecule has 0 spiro atoms. The van der Waals surface area contributed by atoms with E-state index >= 15 is 0 Å². The molecule has 0 atom stereocenters. The van der Waals surface area contributed by atoms with Crippen LogP contribution >= 0.6 is 0 Å². The summed E-state index contributed by atoms with van der Waals surface area (Å²) < 4.78 is 4.70. The highest BCUT2D eigenvalue weighted by atomic mass is 16.5. The van der Waals surface area contributed by atoms with E-state index in [0.29, 0.717) is 12.8 Å². The van der Waals surface area contributed by atoms with Crippen molar-refractivity contribution in [1.82, 2.24) is 4.98 Å². The molecule has 1 aromatic heterocycles. The third-order valence-electron chi connectivity index (χ3n) is 3.70. The molecule has 106 valence electrons. The Labute approximate surface area is 123 Å². The van der Waals surface area contributed by atoms with Crippen molar-refractivity contribution in [2.75, 3.05) is 7.11 Å². The molecule has 0 amide bonds. The Hall–Kier alpha value is -2.55. The van der Waals surface area contributed by atoms with Gasteiger partial charge in [-0.25, -0.2) is 0 Å². The highest BCUT2D eigenvalue weighted by Crippen LogP contribution is 2.26. The number of rotatable bonds is 4. The minimum atomic E-state index is -0.177. The second kappa shape index (κ2) is 5.83. The first-order valence-corrected chi connectivity index (χ1v) is 7.00. The number of benzene rings is 2. The summed E-state index contributed by atoms with van der Waals surface area (Å²) in [6, 6.07) is 16.7. The van der Waals surface area contributed by atoms with Crippen LogP contribution in [0.4, 0.5) is 0 Å². The highest BCUT2D eigenvalue weighted by Gasteiger charge is 2.08. The Bertz CT molecular complexity index is 759. The van der Waals surface area contributed by atoms with Crippen molar-refractivity contribution in [3.8, 4) is 11.1 Å². The summed E-state index contributed by atoms with van der Waals surface area (Å²) in [5, 5.41) is 1.17. The lowest BCUT2D eigenvalue weighted by atomic mass is 10.0. The van der Waals surface area contributed by atoms with Crippen LogP contribution in [0.5, 0.6) is 0 Å². The molecular weight excluding hydrogens is 262 g/mol. The predicted octanol–water partition coefficient (Wildman–Crippen LogP) is 3.94. The van der Waals surface area contributed by atoms with Gasteiger partial charge in [0.25, 0.3) is 0 Å². The van der Waals surface area contributed by atoms with E-state index in [1.807, 2.05) is 24.4 Å². The average Bonchev–Trinajstić information content (AvgIpc) is 2.95. The number of carbonyl (C=O) groups is 1. The molecule has 0 aliphatic rings. The maximum atomic E-state index is 11.3. The van der Waals surface area contributed by atoms with Gasteiger partial charge in [0.1, 0.15) is 0 Å². The van der Waals surface area contributed by atoms with Gasteiger partial charge in [0.15, 0.2) is 0 Å². The first kappa shape index (κ1) is 13.4. The number of aromatic amines is 1. The van der Waals surface area contributed by atoms with Gasteiger partial charge >= 0.3 is 5.97 Å². The number of aryl methyl sites for hydroxylation is 1. The number of hydrogen-bond acceptors (Lipinski definition) is 2. The number of fused-ring (bicyclic) bond motifs is 1. The van der Waals surface area contributed by atoms with Crippen LogP contribution < -0.4 is 0 Å². The SMILES string of the molecule is COC(=O)CCc1c[nH]c2ccc(-c3ccccc3)cc12. The Morgan fingerprint density at radius 2 is 1.90 bits per heavy atom. The summed E-state index contributed by atoms with van der Waals surface area (Å²) in [7, 11) is 1.42. The molecule has 0 radical (unpaired) electrons. The molecule has 0 unspecified atom stereocenters. The van der Waals surface area contributed by atoms with Crippen molar-refractivity contribution >= 4 is 16.9 Å². The fourth-order valence-electron chi connectivity index (χ4n) is 2.53. The summed E-state index contributed by atoms with van der Waals surface area (Å²) in [5.41, 5.74) is 4.62. The fraction of sp³-hybridized carbons (Fsp3) is 0.167. The number of carbonyl (C=O) groups excluding carboxylic acids is 1. The average molecular weight is 279 g/mol. The van der Waals surface area contributed by atoms with E-state index in [1.54, 1.807) is 0 Å². The van der Waals surface area contributed by atoms with Crippen molar-refractivity contribution in [1.29, 1.82) is 0 Å². The second-order valence-electron chi connectivity index (χ2n) is 5.02. The molecular formula is C18H17NO2. The van der Waals surface area contributed by atoms with Crippen molar-refractivity contribution in [3.63, 3.8) is 0 Å². The number of ether oxygens (including phenoxy) is 1. The smallest absolute Gasteiger partial charge is 0.305 e. The molecule has 21 heavy (non-hydrogen) atoms. The maximum absolute atomic E-state index is 11.3. The predicted molar refractivity (Wildman–Crippen MR) is 84.1 cm³/mol. The topological polar surface area (TPSA) is 42.1 Å². The van der Waals surface area contributed by atoms with E-state index in [-0.39, 0.29) is 5.97 Å². The van der Waals surface area contributed by atoms with Crippen LogP contribution in [0.15, 0.2) is 54.7 Å². The summed E-state index contributed by atoms with van der Waals surface area (Å²) in [6.45, 7) is 0. The monoisotopic (exact) mass is 279 g/mol. The number of methoxy groups -OCH3 is 1. The Kier molecular flexibility index (Phi) is 3.73. The molecule has 3 nitrogen and oxygen atoms in total. The summed E-state index contributed by atoms with van der Waals surface area (Å²) in [6.07, 6.45) is 3.06. The standard InChI is InChI=1S/C18H17NO2/c1-21-18(20)10-8-15-12-19-17-9-7-14(11-16(15)17)13-5-3-2-4-6-13/h2-7,9,11-12,19H,8,10H2,1H3. The van der Waals surface area contributed by atoms with Crippen LogP contribution in [-0.4, -0.2) is 18.1 Å². The van der Waals surface area contributed by atoms with Gasteiger partial charge in [-0.15, -0.1) is 0 Å². The number of esters is 1. The van der Waals surface area contributed by atoms with Crippen LogP contribution in [0.25, 0.3) is 22.0 Å². The van der Waals surface area contributed by atoms with Gasteiger partial charge in [0.05, 0.1) is 7.11 Å². The molecule has 0 aliphatic heterocycles. The van der Waals surface area contributed by atoms with E-state index in [2.05, 4.69) is 35.3 Å². The molecule has 0 fully saturated rings. The third-order valence-corrected chi connectivity index (χ3v) is 3.70. The van der Waals surface area contributed by atoms with Crippen molar-refractivity contribution < 1.29 is 9.53 Å². The summed E-state index contributed by atoms with van der Waals surface area (Å²) in [5.74, 6) is -0.177. The second-order valence-corrected chi connectivity index (χ2v) is 5.02. The minimum absolute atomic E-state index is 0.177. The van der Waals surface area contributed by atoms with E-state index in [1.165, 1.54) is 23.6 Å². The quantitative estimate of drug-likeness (QED) is 0.735. The van der Waals surface area contributed by atoms with Crippen LogP contribution in [0.1, 0.15) is 12.0 Å². The first-order chi connectivity index (χ1) is 10.3. The molecule has 0 saturated carbocycles. The lowest BCUT2D eigenvalue weighted by Crippen LogP contribution is -2.01. The summed E-state index contributed by atoms with van der Waals surface area (Å²) in [4.78, 5) is 14.6. The Morgan fingerprint density at radius 1 is 1.10 bits per heavy atom. The van der Waals surface area contributed by atoms with Gasteiger partial charge < -0.3 is 9.72 Å². The molecule has 3 aromatic rings. The summed E-state index contributed by atoms with van der Waals surface area (Å²) >= 11 is 0. The number of H-pyrrole nitrogens is 1. The number of aromatic nitrogens is 1. The lowest BCUT2D eigenvalue weighted by molar-refractivity contribution is -0.140. The van der Waals surface area contributed by atoms with E-state index < -0.39 is 0 Å². The first-order valence-electron chi connectivity index (χ1n) is 7.00. The Morgan fingerprint density at radius 3 is 2.67 bits per heavy atom. The largest absolute Gasteiger partial charge is 0.469 e. The van der Waals surface area contributed by atoms with E-state index in [4.69, 9.17) is 4.74 Å². The van der Waals surface area contributed by atoms with Gasteiger partial charge in [-0.2, -0.15) is 0 Å². The zero-order valence-electron chi connectivity index (χ0n) is 11.9. The molecule has 3 heteroatoms. The molecule has 3 rings (SSSR count). The molecule has 1 N–H and O–H groups in total. The number of nitrogens with one attached hydrogen (secondary N) is 1. The minimum Gasteiger partial charge on any atom is -0.469 e. The van der Waals surface area contributed by atoms with Crippen molar-refractivity contribution in [2.24, 2.45) is 0 Å². The van der Waals surface area contributed by atoms with Crippen molar-refractivity contribution in [3.05, 3.63) is 60.3 Å². The van der Waals surface area contributed by atoms with E-state index in [9.17, 15) is 4.79 Å². The molecule has 0 bridgehead atoms. The number of hydrogen-bond donors (Lipinski definition) is 1. The lowest BCUT2D eigenvalue weighted by Gasteiger charge is -2.03. The van der Waals surface area contributed by atoms with Gasteiger partial charge in [-0.05, 0) is 35.2 Å². The zero-order chi connectivity index (χ0) is 14.7. The van der Waals surface area contributed by atoms with E-state index in [0.717, 1.165) is 11.1 Å². The molecule has 2 aromatic carbocycles. The van der Waals surface area contributed by atoms with Crippen LogP contribution in [0, 0.1) is 0 Å². The molecule has 0 aliphatic carbocycles. The van der Waals surface area contributed by atoms with Gasteiger partial charge in [-0.3, -0.25) is 4.79 Å². The van der Waals surface area contributed by atoms with Crippen LogP contribution in [0.2, 0.25) is 0 Å². The zero-order valence-corrected chi connectivity index (χ0v) is 11.9. The molecule has 0 saturated heterocycles. The normalized spacial score (nSPS) is 10.7. The fourth-order valence-corrected chi connectivity index (χ4v) is 2.53. The van der Waals surface area contributed by atoms with Crippen LogP contribution in [0.3, 0.4) is 0 Å². The molecule has 1 heterocycles. The Balaban J connectivity index is 1.94. The van der Waals surface area contributed by atoms with Crippen LogP contribution in [-0.2, 0) is 16.0 Å². The van der Waals surface area contributed by atoms with Gasteiger partial charge in [-0.1, -0.05) is 36.4 Å². The maximum Gasteiger partial charge on any atom is 0.305 e.